The lowest BCUT2D eigenvalue weighted by atomic mass is 9.87. The minimum Gasteiger partial charge on any atom is -0.445 e. The lowest BCUT2D eigenvalue weighted by Crippen LogP contribution is -2.53. The van der Waals surface area contributed by atoms with E-state index in [1.807, 2.05) is 30.3 Å². The molecule has 1 aromatic rings. The van der Waals surface area contributed by atoms with E-state index in [-0.39, 0.29) is 12.1 Å². The lowest BCUT2D eigenvalue weighted by molar-refractivity contribution is 0.124. The van der Waals surface area contributed by atoms with E-state index in [1.54, 1.807) is 0 Å². The molecule has 2 aliphatic rings. The number of amides is 1. The number of alkyl carbamates (subject to hydrolysis) is 1. The molecule has 2 N–H and O–H groups in total. The number of likely N-dealkylation sites (tertiary alicyclic amines) is 1. The molecule has 0 radical (unpaired) electrons. The van der Waals surface area contributed by atoms with Crippen LogP contribution in [0.1, 0.15) is 38.2 Å². The first kappa shape index (κ1) is 18.2. The molecular weight excluding hydrogens is 314 g/mol. The van der Waals surface area contributed by atoms with Gasteiger partial charge >= 0.3 is 6.09 Å². The minimum absolute atomic E-state index is 0.247. The maximum absolute atomic E-state index is 11.8. The number of hydrogen-bond donors (Lipinski definition) is 2. The van der Waals surface area contributed by atoms with Crippen molar-refractivity contribution >= 4 is 6.09 Å². The maximum Gasteiger partial charge on any atom is 0.407 e. The first-order valence-corrected chi connectivity index (χ1v) is 9.62. The van der Waals surface area contributed by atoms with Gasteiger partial charge in [-0.1, -0.05) is 37.3 Å². The van der Waals surface area contributed by atoms with Crippen molar-refractivity contribution in [1.29, 1.82) is 0 Å². The number of rotatable bonds is 7. The molecule has 1 heterocycles. The van der Waals surface area contributed by atoms with Crippen LogP contribution in [0.2, 0.25) is 0 Å². The van der Waals surface area contributed by atoms with Gasteiger partial charge in [0.2, 0.25) is 0 Å². The highest BCUT2D eigenvalue weighted by Gasteiger charge is 2.30. The van der Waals surface area contributed by atoms with E-state index in [0.29, 0.717) is 12.6 Å². The summed E-state index contributed by atoms with van der Waals surface area (Å²) in [6.45, 7) is 7.35. The van der Waals surface area contributed by atoms with Crippen LogP contribution in [-0.4, -0.2) is 49.3 Å². The van der Waals surface area contributed by atoms with Crippen LogP contribution in [-0.2, 0) is 11.3 Å². The molecule has 1 amide bonds. The number of carbonyl (C=O) groups excluding carboxylic acids is 1. The largest absolute Gasteiger partial charge is 0.445 e. The fraction of sp³-hybridized carbons (Fsp3) is 0.650. The molecule has 25 heavy (non-hydrogen) atoms. The van der Waals surface area contributed by atoms with Crippen LogP contribution < -0.4 is 10.6 Å². The molecule has 0 spiro atoms. The van der Waals surface area contributed by atoms with Gasteiger partial charge in [-0.3, -0.25) is 0 Å². The Hall–Kier alpha value is -1.59. The third kappa shape index (κ3) is 6.01. The number of benzene rings is 1. The summed E-state index contributed by atoms with van der Waals surface area (Å²) in [6, 6.07) is 10.5. The molecule has 0 atom stereocenters. The van der Waals surface area contributed by atoms with Gasteiger partial charge in [0.25, 0.3) is 0 Å². The molecule has 1 aliphatic carbocycles. The molecule has 0 aromatic heterocycles. The van der Waals surface area contributed by atoms with E-state index in [1.165, 1.54) is 25.9 Å². The van der Waals surface area contributed by atoms with Crippen molar-refractivity contribution in [2.75, 3.05) is 26.2 Å². The third-order valence-electron chi connectivity index (χ3n) is 5.41. The van der Waals surface area contributed by atoms with E-state index in [0.717, 1.165) is 37.4 Å². The van der Waals surface area contributed by atoms with Gasteiger partial charge in [-0.05, 0) is 50.3 Å². The van der Waals surface area contributed by atoms with Crippen LogP contribution in [0, 0.1) is 5.92 Å². The van der Waals surface area contributed by atoms with Gasteiger partial charge in [-0.2, -0.15) is 0 Å². The summed E-state index contributed by atoms with van der Waals surface area (Å²) in [6.07, 6.45) is 4.35. The standard InChI is InChI=1S/C20H31N3O2/c1-16-7-10-23(11-8-16)12-9-21-18-13-19(14-18)22-20(24)25-15-17-5-3-2-4-6-17/h2-6,16,18-19,21H,7-15H2,1H3,(H,22,24). The van der Waals surface area contributed by atoms with Crippen molar-refractivity contribution in [2.45, 2.75) is 51.3 Å². The average molecular weight is 345 g/mol. The Balaban J connectivity index is 1.21. The second-order valence-electron chi connectivity index (χ2n) is 7.55. The summed E-state index contributed by atoms with van der Waals surface area (Å²) < 4.78 is 5.26. The van der Waals surface area contributed by atoms with Crippen molar-refractivity contribution in [3.05, 3.63) is 35.9 Å². The highest BCUT2D eigenvalue weighted by molar-refractivity contribution is 5.67. The first-order chi connectivity index (χ1) is 12.2. The van der Waals surface area contributed by atoms with E-state index >= 15 is 0 Å². The van der Waals surface area contributed by atoms with Crippen LogP contribution >= 0.6 is 0 Å². The second kappa shape index (κ2) is 9.20. The zero-order valence-electron chi connectivity index (χ0n) is 15.2. The lowest BCUT2D eigenvalue weighted by Gasteiger charge is -2.37. The molecule has 1 aliphatic heterocycles. The van der Waals surface area contributed by atoms with Crippen molar-refractivity contribution in [1.82, 2.24) is 15.5 Å². The molecule has 2 fully saturated rings. The Bertz CT molecular complexity index is 523. The Morgan fingerprint density at radius 1 is 1.16 bits per heavy atom. The van der Waals surface area contributed by atoms with Crippen LogP contribution in [0.15, 0.2) is 30.3 Å². The fourth-order valence-corrected chi connectivity index (χ4v) is 3.55. The maximum atomic E-state index is 11.8. The molecule has 0 unspecified atom stereocenters. The number of nitrogens with one attached hydrogen (secondary N) is 2. The number of nitrogens with zero attached hydrogens (tertiary/aromatic N) is 1. The van der Waals surface area contributed by atoms with Gasteiger partial charge in [-0.15, -0.1) is 0 Å². The number of piperidine rings is 1. The SMILES string of the molecule is CC1CCN(CCNC2CC(NC(=O)OCc3ccccc3)C2)CC1. The summed E-state index contributed by atoms with van der Waals surface area (Å²) >= 11 is 0. The van der Waals surface area contributed by atoms with E-state index in [4.69, 9.17) is 4.74 Å². The number of hydrogen-bond acceptors (Lipinski definition) is 4. The average Bonchev–Trinajstić information content (AvgIpc) is 2.60. The molecule has 5 heteroatoms. The quantitative estimate of drug-likeness (QED) is 0.798. The van der Waals surface area contributed by atoms with Gasteiger partial charge in [0, 0.05) is 25.2 Å². The van der Waals surface area contributed by atoms with E-state index in [2.05, 4.69) is 22.5 Å². The fourth-order valence-electron chi connectivity index (χ4n) is 3.55. The van der Waals surface area contributed by atoms with Gasteiger partial charge in [0.1, 0.15) is 6.61 Å². The second-order valence-corrected chi connectivity index (χ2v) is 7.55. The van der Waals surface area contributed by atoms with Crippen molar-refractivity contribution in [3.8, 4) is 0 Å². The molecule has 1 saturated carbocycles. The van der Waals surface area contributed by atoms with Crippen molar-refractivity contribution < 1.29 is 9.53 Å². The monoisotopic (exact) mass is 345 g/mol. The van der Waals surface area contributed by atoms with Crippen LogP contribution in [0.5, 0.6) is 0 Å². The topological polar surface area (TPSA) is 53.6 Å². The smallest absolute Gasteiger partial charge is 0.407 e. The highest BCUT2D eigenvalue weighted by Crippen LogP contribution is 2.20. The Kier molecular flexibility index (Phi) is 6.70. The summed E-state index contributed by atoms with van der Waals surface area (Å²) in [7, 11) is 0. The van der Waals surface area contributed by atoms with Crippen molar-refractivity contribution in [2.24, 2.45) is 5.92 Å². The summed E-state index contributed by atoms with van der Waals surface area (Å²) in [4.78, 5) is 14.4. The Labute approximate surface area is 151 Å². The normalized spacial score (nSPS) is 24.5. The Morgan fingerprint density at radius 2 is 1.88 bits per heavy atom. The van der Waals surface area contributed by atoms with Gasteiger partial charge in [-0.25, -0.2) is 4.79 Å². The molecule has 0 bridgehead atoms. The Morgan fingerprint density at radius 3 is 2.60 bits per heavy atom. The molecule has 1 saturated heterocycles. The third-order valence-corrected chi connectivity index (χ3v) is 5.41. The number of ether oxygens (including phenoxy) is 1. The summed E-state index contributed by atoms with van der Waals surface area (Å²) in [5.74, 6) is 0.893. The highest BCUT2D eigenvalue weighted by atomic mass is 16.5. The number of carbonyl (C=O) groups is 1. The van der Waals surface area contributed by atoms with E-state index < -0.39 is 0 Å². The van der Waals surface area contributed by atoms with Crippen LogP contribution in [0.25, 0.3) is 0 Å². The minimum atomic E-state index is -0.310. The van der Waals surface area contributed by atoms with Gasteiger partial charge in [0.05, 0.1) is 0 Å². The molecule has 3 rings (SSSR count). The first-order valence-electron chi connectivity index (χ1n) is 9.62. The zero-order valence-corrected chi connectivity index (χ0v) is 15.2. The van der Waals surface area contributed by atoms with Crippen LogP contribution in [0.4, 0.5) is 4.79 Å². The molecule has 1 aromatic carbocycles. The summed E-state index contributed by atoms with van der Waals surface area (Å²) in [5, 5.41) is 6.55. The van der Waals surface area contributed by atoms with Gasteiger partial charge < -0.3 is 20.3 Å². The van der Waals surface area contributed by atoms with E-state index in [9.17, 15) is 4.79 Å². The van der Waals surface area contributed by atoms with Crippen LogP contribution in [0.3, 0.4) is 0 Å². The van der Waals surface area contributed by atoms with Crippen molar-refractivity contribution in [3.63, 3.8) is 0 Å². The summed E-state index contributed by atoms with van der Waals surface area (Å²) in [5.41, 5.74) is 1.01. The molecule has 5 nitrogen and oxygen atoms in total. The molecular formula is C20H31N3O2. The van der Waals surface area contributed by atoms with Gasteiger partial charge in [0.15, 0.2) is 0 Å². The predicted molar refractivity (Wildman–Crippen MR) is 99.4 cm³/mol. The molecule has 138 valence electrons. The predicted octanol–water partition coefficient (Wildman–Crippen LogP) is 2.77. The zero-order chi connectivity index (χ0) is 17.5.